The van der Waals surface area contributed by atoms with Gasteiger partial charge in [0.2, 0.25) is 11.9 Å². The number of amides is 1. The first kappa shape index (κ1) is 32.5. The normalized spacial score (nSPS) is 12.6. The number of guanidine groups is 2. The molecule has 0 saturated carbocycles. The first-order valence-corrected chi connectivity index (χ1v) is 14.9. The molecule has 4 aromatic carbocycles. The molecule has 9 nitrogen and oxygen atoms in total. The average Bonchev–Trinajstić information content (AvgIpc) is 3.29. The number of nitrogens with one attached hydrogen (secondary N) is 1. The molecule has 0 spiro atoms. The van der Waals surface area contributed by atoms with Crippen LogP contribution in [-0.2, 0) is 34.4 Å². The van der Waals surface area contributed by atoms with E-state index in [4.69, 9.17) is 22.3 Å². The molecule has 1 aliphatic rings. The van der Waals surface area contributed by atoms with Crippen LogP contribution in [-0.4, -0.2) is 35.4 Å². The Morgan fingerprint density at radius 1 is 0.711 bits per heavy atom. The van der Waals surface area contributed by atoms with E-state index < -0.39 is 11.5 Å². The Bertz CT molecular complexity index is 1620. The molecular formula is C36H40N6O3. The first-order chi connectivity index (χ1) is 21.7. The minimum atomic E-state index is -0.783. The van der Waals surface area contributed by atoms with Gasteiger partial charge in [0, 0.05) is 19.9 Å². The fraction of sp³-hybridized carbons (Fsp3) is 0.222. The smallest absolute Gasteiger partial charge is 0.303 e. The molecule has 0 bridgehead atoms. The molecular weight excluding hydrogens is 564 g/mol. The number of carbonyl (C=O) groups is 2. The summed E-state index contributed by atoms with van der Waals surface area (Å²) in [6.45, 7) is 2.15. The Morgan fingerprint density at radius 2 is 1.22 bits per heavy atom. The lowest BCUT2D eigenvalue weighted by atomic mass is 9.82. The Labute approximate surface area is 263 Å². The van der Waals surface area contributed by atoms with E-state index in [-0.39, 0.29) is 24.2 Å². The highest BCUT2D eigenvalue weighted by molar-refractivity contribution is 5.92. The SMILES string of the molecule is CC(=O)NC1(CCc2ccc(CCC(=O)O)cc2)c2ccccc2-c2ccccc21.NC(N)=NC(N)=NCCc1ccccc1. The monoisotopic (exact) mass is 604 g/mol. The molecule has 0 radical (unpaired) electrons. The van der Waals surface area contributed by atoms with E-state index in [0.29, 0.717) is 13.0 Å². The van der Waals surface area contributed by atoms with Crippen molar-refractivity contribution < 1.29 is 14.7 Å². The van der Waals surface area contributed by atoms with Crippen LogP contribution in [0.4, 0.5) is 0 Å². The van der Waals surface area contributed by atoms with Crippen LogP contribution in [0.3, 0.4) is 0 Å². The van der Waals surface area contributed by atoms with Gasteiger partial charge in [0.15, 0.2) is 5.96 Å². The van der Waals surface area contributed by atoms with Gasteiger partial charge < -0.3 is 27.6 Å². The third-order valence-corrected chi connectivity index (χ3v) is 7.65. The van der Waals surface area contributed by atoms with E-state index in [9.17, 15) is 9.59 Å². The topological polar surface area (TPSA) is 169 Å². The van der Waals surface area contributed by atoms with Gasteiger partial charge in [-0.2, -0.15) is 4.99 Å². The van der Waals surface area contributed by atoms with Gasteiger partial charge in [0.25, 0.3) is 0 Å². The van der Waals surface area contributed by atoms with Crippen molar-refractivity contribution >= 4 is 23.8 Å². The quantitative estimate of drug-likeness (QED) is 0.132. The van der Waals surface area contributed by atoms with Crippen molar-refractivity contribution in [2.24, 2.45) is 27.2 Å². The minimum absolute atomic E-state index is 0.0504. The molecule has 0 heterocycles. The summed E-state index contributed by atoms with van der Waals surface area (Å²) < 4.78 is 0. The molecule has 0 atom stereocenters. The standard InChI is InChI=1S/C26H25NO3.C10H15N5/c1-18(28)27-26(17-16-20-12-10-19(11-13-20)14-15-25(29)30)23-8-4-2-6-21(23)22-7-3-5-9-24(22)26;11-9(12)15-10(13)14-7-6-8-4-2-1-3-5-8/h2-13H,14-17H2,1H3,(H,27,28)(H,29,30);1-5H,6-7H2,(H6,11,12,13,14,15). The number of benzene rings is 4. The predicted molar refractivity (Wildman–Crippen MR) is 180 cm³/mol. The lowest BCUT2D eigenvalue weighted by Crippen LogP contribution is -2.45. The zero-order valence-electron chi connectivity index (χ0n) is 25.4. The molecule has 5 rings (SSSR count). The molecule has 1 amide bonds. The van der Waals surface area contributed by atoms with Crippen LogP contribution in [0.25, 0.3) is 11.1 Å². The predicted octanol–water partition coefficient (Wildman–Crippen LogP) is 4.51. The Hall–Kier alpha value is -5.44. The number of nitrogens with zero attached hydrogens (tertiary/aromatic N) is 2. The van der Waals surface area contributed by atoms with Gasteiger partial charge >= 0.3 is 5.97 Å². The summed E-state index contributed by atoms with van der Waals surface area (Å²) in [6, 6.07) is 34.7. The summed E-state index contributed by atoms with van der Waals surface area (Å²) in [7, 11) is 0. The fourth-order valence-corrected chi connectivity index (χ4v) is 5.66. The van der Waals surface area contributed by atoms with Gasteiger partial charge in [0.1, 0.15) is 0 Å². The molecule has 0 fully saturated rings. The number of aliphatic imine (C=N–C) groups is 2. The van der Waals surface area contributed by atoms with E-state index in [1.807, 2.05) is 66.7 Å². The summed E-state index contributed by atoms with van der Waals surface area (Å²) in [6.07, 6.45) is 3.03. The number of carboxylic acids is 1. The summed E-state index contributed by atoms with van der Waals surface area (Å²) in [5.41, 5.74) is 23.2. The highest BCUT2D eigenvalue weighted by atomic mass is 16.4. The zero-order valence-corrected chi connectivity index (χ0v) is 25.4. The van der Waals surface area contributed by atoms with Crippen molar-refractivity contribution in [3.05, 3.63) is 131 Å². The van der Waals surface area contributed by atoms with Crippen molar-refractivity contribution in [2.45, 2.75) is 44.6 Å². The minimum Gasteiger partial charge on any atom is -0.481 e. The molecule has 0 unspecified atom stereocenters. The molecule has 9 heteroatoms. The summed E-state index contributed by atoms with van der Waals surface area (Å²) in [4.78, 5) is 30.6. The maximum absolute atomic E-state index is 12.2. The number of fused-ring (bicyclic) bond motifs is 3. The second-order valence-electron chi connectivity index (χ2n) is 10.9. The number of hydrogen-bond donors (Lipinski definition) is 5. The van der Waals surface area contributed by atoms with Crippen molar-refractivity contribution in [1.82, 2.24) is 5.32 Å². The number of carboxylic acid groups (broad SMARTS) is 1. The van der Waals surface area contributed by atoms with E-state index in [1.165, 1.54) is 22.3 Å². The number of rotatable bonds is 10. The third-order valence-electron chi connectivity index (χ3n) is 7.65. The number of aliphatic carboxylic acids is 1. The van der Waals surface area contributed by atoms with Gasteiger partial charge in [-0.25, -0.2) is 0 Å². The lowest BCUT2D eigenvalue weighted by molar-refractivity contribution is -0.137. The second kappa shape index (κ2) is 15.3. The summed E-state index contributed by atoms with van der Waals surface area (Å²) >= 11 is 0. The van der Waals surface area contributed by atoms with E-state index >= 15 is 0 Å². The van der Waals surface area contributed by atoms with Gasteiger partial charge in [0.05, 0.1) is 5.54 Å². The second-order valence-corrected chi connectivity index (χ2v) is 10.9. The molecule has 45 heavy (non-hydrogen) atoms. The van der Waals surface area contributed by atoms with Crippen molar-refractivity contribution in [3.8, 4) is 11.1 Å². The van der Waals surface area contributed by atoms with E-state index in [2.05, 4.69) is 51.7 Å². The van der Waals surface area contributed by atoms with E-state index in [1.54, 1.807) is 6.92 Å². The van der Waals surface area contributed by atoms with Crippen LogP contribution in [0, 0.1) is 0 Å². The number of hydrogen-bond acceptors (Lipinski definition) is 3. The van der Waals surface area contributed by atoms with Gasteiger partial charge in [-0.3, -0.25) is 14.6 Å². The van der Waals surface area contributed by atoms with Crippen LogP contribution in [0.2, 0.25) is 0 Å². The maximum atomic E-state index is 12.2. The first-order valence-electron chi connectivity index (χ1n) is 14.9. The van der Waals surface area contributed by atoms with Crippen LogP contribution in [0.1, 0.15) is 47.6 Å². The van der Waals surface area contributed by atoms with Gasteiger partial charge in [-0.15, -0.1) is 0 Å². The van der Waals surface area contributed by atoms with E-state index in [0.717, 1.165) is 36.0 Å². The molecule has 0 aliphatic heterocycles. The average molecular weight is 605 g/mol. The van der Waals surface area contributed by atoms with Crippen LogP contribution in [0.15, 0.2) is 113 Å². The summed E-state index contributed by atoms with van der Waals surface area (Å²) in [5, 5.41) is 12.1. The molecule has 0 saturated heterocycles. The molecule has 232 valence electrons. The zero-order chi connectivity index (χ0) is 32.2. The lowest BCUT2D eigenvalue weighted by Gasteiger charge is -2.33. The molecule has 8 N–H and O–H groups in total. The Balaban J connectivity index is 0.000000259. The maximum Gasteiger partial charge on any atom is 0.303 e. The van der Waals surface area contributed by atoms with Crippen molar-refractivity contribution in [1.29, 1.82) is 0 Å². The van der Waals surface area contributed by atoms with Crippen molar-refractivity contribution in [3.63, 3.8) is 0 Å². The number of nitrogens with two attached hydrogens (primary N) is 3. The van der Waals surface area contributed by atoms with Gasteiger partial charge in [-0.05, 0) is 64.6 Å². The van der Waals surface area contributed by atoms with Crippen molar-refractivity contribution in [2.75, 3.05) is 6.54 Å². The Morgan fingerprint density at radius 3 is 1.76 bits per heavy atom. The largest absolute Gasteiger partial charge is 0.481 e. The van der Waals surface area contributed by atoms with Crippen LogP contribution >= 0.6 is 0 Å². The molecule has 0 aromatic heterocycles. The fourth-order valence-electron chi connectivity index (χ4n) is 5.66. The van der Waals surface area contributed by atoms with Gasteiger partial charge in [-0.1, -0.05) is 103 Å². The number of carbonyl (C=O) groups excluding carboxylic acids is 1. The van der Waals surface area contributed by atoms with Crippen LogP contribution < -0.4 is 22.5 Å². The Kier molecular flexibility index (Phi) is 11.1. The molecule has 1 aliphatic carbocycles. The van der Waals surface area contributed by atoms with Crippen LogP contribution in [0.5, 0.6) is 0 Å². The highest BCUT2D eigenvalue weighted by Gasteiger charge is 2.43. The summed E-state index contributed by atoms with van der Waals surface area (Å²) in [5.74, 6) is -0.790. The third kappa shape index (κ3) is 8.79. The highest BCUT2D eigenvalue weighted by Crippen LogP contribution is 2.49. The number of aryl methyl sites for hydroxylation is 2. The molecule has 4 aromatic rings.